The molecule has 0 radical (unpaired) electrons. The van der Waals surface area contributed by atoms with Crippen molar-refractivity contribution in [3.05, 3.63) is 121 Å². The van der Waals surface area contributed by atoms with Crippen LogP contribution in [-0.4, -0.2) is 18.2 Å². The van der Waals surface area contributed by atoms with E-state index < -0.39 is 10.0 Å². The maximum absolute atomic E-state index is 12.9. The number of hydrogen-bond acceptors (Lipinski definition) is 3. The number of aromatic nitrogens is 2. The van der Waals surface area contributed by atoms with Gasteiger partial charge in [0.1, 0.15) is 0 Å². The van der Waals surface area contributed by atoms with Crippen molar-refractivity contribution < 1.29 is 8.42 Å². The molecule has 0 spiro atoms. The van der Waals surface area contributed by atoms with Crippen molar-refractivity contribution in [2.75, 3.05) is 0 Å². The van der Waals surface area contributed by atoms with Crippen molar-refractivity contribution in [2.24, 2.45) is 0 Å². The predicted molar refractivity (Wildman–Crippen MR) is 156 cm³/mol. The number of sulfonamides is 1. The van der Waals surface area contributed by atoms with Gasteiger partial charge in [0, 0.05) is 33.0 Å². The lowest BCUT2D eigenvalue weighted by molar-refractivity contribution is 0.576. The van der Waals surface area contributed by atoms with Gasteiger partial charge in [-0.2, -0.15) is 5.10 Å². The summed E-state index contributed by atoms with van der Waals surface area (Å²) in [5.74, 6) is 0.165. The van der Waals surface area contributed by atoms with Crippen molar-refractivity contribution in [3.63, 3.8) is 0 Å². The van der Waals surface area contributed by atoms with Gasteiger partial charge in [0.2, 0.25) is 10.0 Å². The number of fused-ring (bicyclic) bond motifs is 1. The van der Waals surface area contributed by atoms with Gasteiger partial charge in [-0.25, -0.2) is 17.8 Å². The quantitative estimate of drug-likeness (QED) is 0.230. The number of nitrogens with one attached hydrogen (secondary N) is 1. The predicted octanol–water partition coefficient (Wildman–Crippen LogP) is 7.76. The second kappa shape index (κ2) is 11.2. The van der Waals surface area contributed by atoms with Crippen LogP contribution < -0.4 is 4.72 Å². The molecule has 1 unspecified atom stereocenters. The van der Waals surface area contributed by atoms with Crippen LogP contribution in [0.1, 0.15) is 53.4 Å². The molecule has 5 nitrogen and oxygen atoms in total. The lowest BCUT2D eigenvalue weighted by Crippen LogP contribution is -2.24. The highest BCUT2D eigenvalue weighted by Gasteiger charge is 2.31. The summed E-state index contributed by atoms with van der Waals surface area (Å²) < 4.78 is 30.4. The minimum Gasteiger partial charge on any atom is -0.235 e. The molecule has 1 aliphatic carbocycles. The van der Waals surface area contributed by atoms with Crippen LogP contribution in [0.2, 0.25) is 15.1 Å². The highest BCUT2D eigenvalue weighted by Crippen LogP contribution is 2.40. The number of rotatable bonds is 8. The first-order valence-electron chi connectivity index (χ1n) is 12.3. The lowest BCUT2D eigenvalue weighted by Gasteiger charge is -2.15. The van der Waals surface area contributed by atoms with Crippen LogP contribution in [-0.2, 0) is 22.9 Å². The van der Waals surface area contributed by atoms with Crippen molar-refractivity contribution in [3.8, 4) is 5.69 Å². The van der Waals surface area contributed by atoms with Crippen LogP contribution >= 0.6 is 34.8 Å². The second-order valence-corrected chi connectivity index (χ2v) is 12.3. The molecule has 2 atom stereocenters. The molecule has 3 aromatic carbocycles. The van der Waals surface area contributed by atoms with Gasteiger partial charge in [0.15, 0.2) is 0 Å². The van der Waals surface area contributed by atoms with E-state index in [0.29, 0.717) is 26.4 Å². The Labute approximate surface area is 238 Å². The van der Waals surface area contributed by atoms with E-state index in [0.717, 1.165) is 41.6 Å². The molecule has 5 rings (SSSR count). The molecule has 1 aromatic heterocycles. The topological polar surface area (TPSA) is 64.0 Å². The maximum Gasteiger partial charge on any atom is 0.234 e. The minimum atomic E-state index is -3.72. The second-order valence-electron chi connectivity index (χ2n) is 9.42. The Hall–Kier alpha value is -2.61. The van der Waals surface area contributed by atoms with E-state index in [1.807, 2.05) is 66.2 Å². The molecule has 1 N–H and O–H groups in total. The zero-order chi connectivity index (χ0) is 26.9. The fourth-order valence-electron chi connectivity index (χ4n) is 4.98. The molecule has 0 amide bonds. The lowest BCUT2D eigenvalue weighted by atomic mass is 9.97. The largest absolute Gasteiger partial charge is 0.235 e. The summed E-state index contributed by atoms with van der Waals surface area (Å²) in [6.45, 7) is 1.82. The molecular weight excluding hydrogens is 561 g/mol. The monoisotopic (exact) mass is 585 g/mol. The molecular formula is C29H26Cl3N3O2S. The summed E-state index contributed by atoms with van der Waals surface area (Å²) in [5.41, 5.74) is 5.36. The van der Waals surface area contributed by atoms with Crippen molar-refractivity contribution >= 4 is 50.9 Å². The Morgan fingerprint density at radius 2 is 1.79 bits per heavy atom. The maximum atomic E-state index is 12.9. The Kier molecular flexibility index (Phi) is 7.98. The first kappa shape index (κ1) is 27.0. The van der Waals surface area contributed by atoms with Crippen molar-refractivity contribution in [1.29, 1.82) is 0 Å². The molecule has 0 aliphatic heterocycles. The van der Waals surface area contributed by atoms with E-state index in [4.69, 9.17) is 39.9 Å². The minimum absolute atomic E-state index is 0.165. The third kappa shape index (κ3) is 6.00. The average molecular weight is 587 g/mol. The van der Waals surface area contributed by atoms with Gasteiger partial charge in [0.25, 0.3) is 0 Å². The summed E-state index contributed by atoms with van der Waals surface area (Å²) >= 11 is 19.0. The van der Waals surface area contributed by atoms with Gasteiger partial charge in [-0.1, -0.05) is 77.3 Å². The van der Waals surface area contributed by atoms with E-state index in [-0.39, 0.29) is 12.0 Å². The van der Waals surface area contributed by atoms with Crippen molar-refractivity contribution in [2.45, 2.75) is 38.1 Å². The van der Waals surface area contributed by atoms with E-state index in [9.17, 15) is 8.42 Å². The molecule has 4 aromatic rings. The highest BCUT2D eigenvalue weighted by molar-refractivity contribution is 7.92. The summed E-state index contributed by atoms with van der Waals surface area (Å²) in [4.78, 5) is 0. The van der Waals surface area contributed by atoms with Crippen LogP contribution in [0.3, 0.4) is 0 Å². The van der Waals surface area contributed by atoms with Gasteiger partial charge < -0.3 is 0 Å². The standard InChI is InChI=1S/C29H26Cl3N3O2S/c1-19(21-7-3-2-4-8-21)34-38(36,37)15-14-27-25-12-10-22(16-20-6-5-9-23(30)17-20)29(25)35(33-27)28-13-11-24(31)18-26(28)32/h2-9,11,13-15,17-19,22,34H,10,12,16H2,1H3/b15-14+/t19-,22?/m0/s1. The van der Waals surface area contributed by atoms with Gasteiger partial charge >= 0.3 is 0 Å². The molecule has 1 aliphatic rings. The first-order valence-corrected chi connectivity index (χ1v) is 15.0. The first-order chi connectivity index (χ1) is 18.2. The number of halogens is 3. The van der Waals surface area contributed by atoms with E-state index in [1.165, 1.54) is 5.41 Å². The summed E-state index contributed by atoms with van der Waals surface area (Å²) in [5, 5.41) is 7.71. The summed E-state index contributed by atoms with van der Waals surface area (Å²) in [6, 6.07) is 22.2. The molecule has 38 heavy (non-hydrogen) atoms. The van der Waals surface area contributed by atoms with Crippen molar-refractivity contribution in [1.82, 2.24) is 14.5 Å². The molecule has 0 saturated carbocycles. The van der Waals surface area contributed by atoms with E-state index in [1.54, 1.807) is 18.2 Å². The van der Waals surface area contributed by atoms with Crippen LogP contribution in [0.5, 0.6) is 0 Å². The molecule has 1 heterocycles. The van der Waals surface area contributed by atoms with Crippen LogP contribution in [0.4, 0.5) is 0 Å². The summed E-state index contributed by atoms with van der Waals surface area (Å²) in [7, 11) is -3.72. The van der Waals surface area contributed by atoms with Gasteiger partial charge in [-0.05, 0) is 73.7 Å². The fraction of sp³-hybridized carbons (Fsp3) is 0.207. The third-order valence-corrected chi connectivity index (χ3v) is 8.69. The Balaban J connectivity index is 1.49. The molecule has 0 saturated heterocycles. The van der Waals surface area contributed by atoms with Gasteiger partial charge in [-0.3, -0.25) is 0 Å². The Bertz CT molecular complexity index is 1600. The Morgan fingerprint density at radius 3 is 2.53 bits per heavy atom. The number of nitrogens with zero attached hydrogens (tertiary/aromatic N) is 2. The zero-order valence-corrected chi connectivity index (χ0v) is 23.7. The number of hydrogen-bond donors (Lipinski definition) is 1. The normalized spacial score (nSPS) is 16.2. The summed E-state index contributed by atoms with van der Waals surface area (Å²) in [6.07, 6.45) is 4.03. The molecule has 0 bridgehead atoms. The Morgan fingerprint density at radius 1 is 1.03 bits per heavy atom. The van der Waals surface area contributed by atoms with Crippen LogP contribution in [0, 0.1) is 0 Å². The van der Waals surface area contributed by atoms with E-state index in [2.05, 4.69) is 10.8 Å². The van der Waals surface area contributed by atoms with Gasteiger partial charge in [0.05, 0.1) is 22.1 Å². The smallest absolute Gasteiger partial charge is 0.234 e. The van der Waals surface area contributed by atoms with Crippen LogP contribution in [0.25, 0.3) is 11.8 Å². The van der Waals surface area contributed by atoms with Gasteiger partial charge in [-0.15, -0.1) is 0 Å². The molecule has 9 heteroatoms. The number of benzene rings is 3. The zero-order valence-electron chi connectivity index (χ0n) is 20.6. The highest BCUT2D eigenvalue weighted by atomic mass is 35.5. The molecule has 0 fully saturated rings. The average Bonchev–Trinajstić information content (AvgIpc) is 3.44. The SMILES string of the molecule is C[C@H](NS(=O)(=O)/C=C/c1nn(-c2ccc(Cl)cc2Cl)c2c1CCC2Cc1cccc(Cl)c1)c1ccccc1. The third-order valence-electron chi connectivity index (χ3n) is 6.74. The molecule has 196 valence electrons. The fourth-order valence-corrected chi connectivity index (χ4v) is 6.70. The van der Waals surface area contributed by atoms with E-state index >= 15 is 0 Å². The van der Waals surface area contributed by atoms with Crippen LogP contribution in [0.15, 0.2) is 78.2 Å².